The average molecular weight is 284 g/mol. The molecule has 2 unspecified atom stereocenters. The van der Waals surface area contributed by atoms with Crippen LogP contribution in [0, 0.1) is 5.92 Å². The number of halogens is 1. The smallest absolute Gasteiger partial charge is 0.0954 e. The fourth-order valence-electron chi connectivity index (χ4n) is 1.96. The van der Waals surface area contributed by atoms with Crippen molar-refractivity contribution in [2.45, 2.75) is 26.1 Å². The molecule has 0 bridgehead atoms. The van der Waals surface area contributed by atoms with Crippen molar-refractivity contribution in [2.24, 2.45) is 5.92 Å². The van der Waals surface area contributed by atoms with Gasteiger partial charge in [-0.3, -0.25) is 0 Å². The molecule has 0 radical (unpaired) electrons. The first-order chi connectivity index (χ1) is 7.66. The first kappa shape index (κ1) is 12.1. The third-order valence-electron chi connectivity index (χ3n) is 2.98. The monoisotopic (exact) mass is 283 g/mol. The fourth-order valence-corrected chi connectivity index (χ4v) is 2.38. The molecule has 1 fully saturated rings. The minimum atomic E-state index is 0.179. The van der Waals surface area contributed by atoms with Crippen molar-refractivity contribution < 1.29 is 4.74 Å². The van der Waals surface area contributed by atoms with Crippen LogP contribution in [0.15, 0.2) is 28.7 Å². The number of nitrogens with one attached hydrogen (secondary N) is 1. The van der Waals surface area contributed by atoms with Gasteiger partial charge in [0.2, 0.25) is 0 Å². The van der Waals surface area contributed by atoms with Crippen LogP contribution in [-0.4, -0.2) is 19.2 Å². The number of rotatable bonds is 2. The summed E-state index contributed by atoms with van der Waals surface area (Å²) in [6.07, 6.45) is 0.497. The average Bonchev–Trinajstić information content (AvgIpc) is 2.29. The largest absolute Gasteiger partial charge is 0.367 e. The van der Waals surface area contributed by atoms with Gasteiger partial charge in [-0.1, -0.05) is 41.9 Å². The summed E-state index contributed by atoms with van der Waals surface area (Å²) < 4.78 is 7.22. The van der Waals surface area contributed by atoms with Gasteiger partial charge >= 0.3 is 0 Å². The highest BCUT2D eigenvalue weighted by atomic mass is 79.9. The molecule has 0 amide bonds. The first-order valence-corrected chi connectivity index (χ1v) is 6.58. The predicted octanol–water partition coefficient (Wildman–Crippen LogP) is 3.13. The van der Waals surface area contributed by atoms with Crippen LogP contribution >= 0.6 is 15.9 Å². The Morgan fingerprint density at radius 2 is 2.19 bits per heavy atom. The molecule has 1 N–H and O–H groups in total. The fraction of sp³-hybridized carbons (Fsp3) is 0.538. The zero-order valence-electron chi connectivity index (χ0n) is 9.74. The molecule has 0 spiro atoms. The third-order valence-corrected chi connectivity index (χ3v) is 3.47. The molecule has 2 atom stereocenters. The lowest BCUT2D eigenvalue weighted by Crippen LogP contribution is -2.43. The maximum atomic E-state index is 6.11. The highest BCUT2D eigenvalue weighted by molar-refractivity contribution is 9.10. The minimum absolute atomic E-state index is 0.179. The van der Waals surface area contributed by atoms with E-state index in [2.05, 4.69) is 53.3 Å². The molecule has 1 aromatic carbocycles. The van der Waals surface area contributed by atoms with Crippen molar-refractivity contribution in [3.63, 3.8) is 0 Å². The molecule has 1 aliphatic rings. The van der Waals surface area contributed by atoms with Gasteiger partial charge in [-0.25, -0.2) is 0 Å². The summed E-state index contributed by atoms with van der Waals surface area (Å²) in [4.78, 5) is 0. The lowest BCUT2D eigenvalue weighted by atomic mass is 10.0. The van der Waals surface area contributed by atoms with Gasteiger partial charge in [0, 0.05) is 17.6 Å². The van der Waals surface area contributed by atoms with E-state index < -0.39 is 0 Å². The van der Waals surface area contributed by atoms with Gasteiger partial charge in [0.25, 0.3) is 0 Å². The summed E-state index contributed by atoms with van der Waals surface area (Å²) >= 11 is 3.50. The van der Waals surface area contributed by atoms with Crippen molar-refractivity contribution in [1.82, 2.24) is 5.32 Å². The molecule has 2 nitrogen and oxygen atoms in total. The summed E-state index contributed by atoms with van der Waals surface area (Å²) in [5.74, 6) is 0.558. The van der Waals surface area contributed by atoms with E-state index in [-0.39, 0.29) is 6.10 Å². The van der Waals surface area contributed by atoms with Gasteiger partial charge in [-0.15, -0.1) is 0 Å². The van der Waals surface area contributed by atoms with Crippen LogP contribution in [0.5, 0.6) is 0 Å². The summed E-state index contributed by atoms with van der Waals surface area (Å²) in [7, 11) is 0. The Morgan fingerprint density at radius 3 is 2.88 bits per heavy atom. The van der Waals surface area contributed by atoms with Gasteiger partial charge in [-0.2, -0.15) is 0 Å². The second kappa shape index (κ2) is 5.30. The number of hydrogen-bond donors (Lipinski definition) is 1. The summed E-state index contributed by atoms with van der Waals surface area (Å²) in [6, 6.07) is 8.36. The van der Waals surface area contributed by atoms with E-state index >= 15 is 0 Å². The van der Waals surface area contributed by atoms with Gasteiger partial charge in [0.1, 0.15) is 0 Å². The van der Waals surface area contributed by atoms with Crippen LogP contribution in [0.2, 0.25) is 0 Å². The number of hydrogen-bond acceptors (Lipinski definition) is 2. The summed E-state index contributed by atoms with van der Waals surface area (Å²) in [5.41, 5.74) is 1.24. The van der Waals surface area contributed by atoms with Crippen LogP contribution in [0.1, 0.15) is 25.5 Å². The molecule has 1 heterocycles. The molecule has 16 heavy (non-hydrogen) atoms. The third kappa shape index (κ3) is 2.84. The van der Waals surface area contributed by atoms with Crippen molar-refractivity contribution in [1.29, 1.82) is 0 Å². The zero-order valence-corrected chi connectivity index (χ0v) is 11.3. The summed E-state index contributed by atoms with van der Waals surface area (Å²) in [5, 5.41) is 3.44. The molecule has 1 aromatic rings. The number of ether oxygens (including phenoxy) is 1. The zero-order chi connectivity index (χ0) is 11.5. The normalized spacial score (nSPS) is 26.0. The van der Waals surface area contributed by atoms with Crippen LogP contribution in [0.25, 0.3) is 0 Å². The Morgan fingerprint density at radius 1 is 1.38 bits per heavy atom. The molecular formula is C13H18BrNO. The van der Waals surface area contributed by atoms with Gasteiger partial charge in [0.05, 0.1) is 12.2 Å². The Balaban J connectivity index is 2.09. The SMILES string of the molecule is CC(C)C1CNCC(c2cccc(Br)c2)O1. The van der Waals surface area contributed by atoms with E-state index in [1.165, 1.54) is 5.56 Å². The highest BCUT2D eigenvalue weighted by Gasteiger charge is 2.25. The Labute approximate surface area is 106 Å². The van der Waals surface area contributed by atoms with E-state index in [0.717, 1.165) is 17.6 Å². The van der Waals surface area contributed by atoms with E-state index in [1.54, 1.807) is 0 Å². The van der Waals surface area contributed by atoms with Gasteiger partial charge in [0.15, 0.2) is 0 Å². The lowest BCUT2D eigenvalue weighted by molar-refractivity contribution is -0.0603. The lowest BCUT2D eigenvalue weighted by Gasteiger charge is -2.33. The first-order valence-electron chi connectivity index (χ1n) is 5.78. The number of morpholine rings is 1. The van der Waals surface area contributed by atoms with Crippen molar-refractivity contribution in [3.05, 3.63) is 34.3 Å². The predicted molar refractivity (Wildman–Crippen MR) is 69.5 cm³/mol. The topological polar surface area (TPSA) is 21.3 Å². The van der Waals surface area contributed by atoms with Crippen molar-refractivity contribution in [2.75, 3.05) is 13.1 Å². The second-order valence-corrected chi connectivity index (χ2v) is 5.54. The maximum absolute atomic E-state index is 6.11. The van der Waals surface area contributed by atoms with Crippen LogP contribution in [0.4, 0.5) is 0 Å². The highest BCUT2D eigenvalue weighted by Crippen LogP contribution is 2.26. The van der Waals surface area contributed by atoms with Crippen molar-refractivity contribution >= 4 is 15.9 Å². The molecule has 1 aliphatic heterocycles. The molecule has 1 saturated heterocycles. The van der Waals surface area contributed by atoms with Crippen LogP contribution < -0.4 is 5.32 Å². The summed E-state index contributed by atoms with van der Waals surface area (Å²) in [6.45, 7) is 6.27. The van der Waals surface area contributed by atoms with Crippen molar-refractivity contribution in [3.8, 4) is 0 Å². The van der Waals surface area contributed by atoms with E-state index in [4.69, 9.17) is 4.74 Å². The quantitative estimate of drug-likeness (QED) is 0.901. The van der Waals surface area contributed by atoms with Gasteiger partial charge in [-0.05, 0) is 23.6 Å². The van der Waals surface area contributed by atoms with E-state index in [9.17, 15) is 0 Å². The van der Waals surface area contributed by atoms with E-state index in [0.29, 0.717) is 12.0 Å². The number of benzene rings is 1. The Kier molecular flexibility index (Phi) is 4.00. The van der Waals surface area contributed by atoms with Crippen LogP contribution in [0.3, 0.4) is 0 Å². The molecule has 3 heteroatoms. The molecule has 0 saturated carbocycles. The molecular weight excluding hydrogens is 266 g/mol. The van der Waals surface area contributed by atoms with Gasteiger partial charge < -0.3 is 10.1 Å². The molecule has 0 aliphatic carbocycles. The molecule has 2 rings (SSSR count). The standard InChI is InChI=1S/C13H18BrNO/c1-9(2)12-7-15-8-13(16-12)10-4-3-5-11(14)6-10/h3-6,9,12-13,15H,7-8H2,1-2H3. The van der Waals surface area contributed by atoms with E-state index in [1.807, 2.05) is 6.07 Å². The Hall–Kier alpha value is -0.380. The van der Waals surface area contributed by atoms with Crippen LogP contribution in [-0.2, 0) is 4.74 Å². The minimum Gasteiger partial charge on any atom is -0.367 e. The maximum Gasteiger partial charge on any atom is 0.0954 e. The Bertz CT molecular complexity index is 354. The second-order valence-electron chi connectivity index (χ2n) is 4.62. The molecule has 0 aromatic heterocycles. The molecule has 88 valence electrons.